The lowest BCUT2D eigenvalue weighted by Gasteiger charge is -2.35. The molecule has 1 aliphatic rings. The molecule has 0 spiro atoms. The predicted molar refractivity (Wildman–Crippen MR) is 103 cm³/mol. The molecule has 0 saturated carbocycles. The molecule has 0 aliphatic carbocycles. The molecular formula is C20H24ClN3O2. The van der Waals surface area contributed by atoms with Crippen molar-refractivity contribution in [1.82, 2.24) is 10.2 Å². The van der Waals surface area contributed by atoms with Crippen molar-refractivity contribution in [1.29, 1.82) is 0 Å². The fourth-order valence-electron chi connectivity index (χ4n) is 3.15. The van der Waals surface area contributed by atoms with Crippen LogP contribution in [0.3, 0.4) is 0 Å². The van der Waals surface area contributed by atoms with Gasteiger partial charge in [-0.1, -0.05) is 41.9 Å². The van der Waals surface area contributed by atoms with E-state index in [2.05, 4.69) is 10.2 Å². The third kappa shape index (κ3) is 4.62. The SMILES string of the molecule is NCc1ccc(C(=O)NCC(c2ccccc2Cl)N2CCOCC2)cc1. The quantitative estimate of drug-likeness (QED) is 0.816. The lowest BCUT2D eigenvalue weighted by molar-refractivity contribution is 0.0162. The molecule has 2 aromatic rings. The van der Waals surface area contributed by atoms with Gasteiger partial charge in [0, 0.05) is 36.8 Å². The highest BCUT2D eigenvalue weighted by atomic mass is 35.5. The molecule has 1 saturated heterocycles. The van der Waals surface area contributed by atoms with Gasteiger partial charge in [0.25, 0.3) is 5.91 Å². The first kappa shape index (κ1) is 18.9. The Hall–Kier alpha value is -1.92. The Kier molecular flexibility index (Phi) is 6.63. The van der Waals surface area contributed by atoms with E-state index in [4.69, 9.17) is 22.1 Å². The van der Waals surface area contributed by atoms with Gasteiger partial charge in [-0.2, -0.15) is 0 Å². The van der Waals surface area contributed by atoms with Crippen LogP contribution in [0.15, 0.2) is 48.5 Å². The molecule has 0 radical (unpaired) electrons. The molecule has 138 valence electrons. The number of nitrogens with one attached hydrogen (secondary N) is 1. The maximum atomic E-state index is 12.5. The van der Waals surface area contributed by atoms with Crippen molar-refractivity contribution in [3.05, 3.63) is 70.2 Å². The predicted octanol–water partition coefficient (Wildman–Crippen LogP) is 2.60. The Morgan fingerprint density at radius 2 is 1.85 bits per heavy atom. The molecule has 0 bridgehead atoms. The number of nitrogens with zero attached hydrogens (tertiary/aromatic N) is 1. The third-order valence-corrected chi connectivity index (χ3v) is 5.00. The Balaban J connectivity index is 1.72. The number of amides is 1. The summed E-state index contributed by atoms with van der Waals surface area (Å²) >= 11 is 6.42. The van der Waals surface area contributed by atoms with Gasteiger partial charge in [0.2, 0.25) is 0 Å². The van der Waals surface area contributed by atoms with E-state index in [0.717, 1.165) is 24.2 Å². The molecule has 6 heteroatoms. The maximum Gasteiger partial charge on any atom is 0.251 e. The van der Waals surface area contributed by atoms with E-state index in [9.17, 15) is 4.79 Å². The van der Waals surface area contributed by atoms with E-state index < -0.39 is 0 Å². The van der Waals surface area contributed by atoms with Crippen LogP contribution in [0.2, 0.25) is 5.02 Å². The molecule has 3 rings (SSSR count). The zero-order valence-electron chi connectivity index (χ0n) is 14.7. The van der Waals surface area contributed by atoms with Gasteiger partial charge in [-0.25, -0.2) is 0 Å². The van der Waals surface area contributed by atoms with Gasteiger partial charge in [-0.15, -0.1) is 0 Å². The molecule has 1 unspecified atom stereocenters. The Morgan fingerprint density at radius 1 is 1.15 bits per heavy atom. The van der Waals surface area contributed by atoms with Gasteiger partial charge < -0.3 is 15.8 Å². The van der Waals surface area contributed by atoms with Crippen molar-refractivity contribution in [2.24, 2.45) is 5.73 Å². The number of benzene rings is 2. The summed E-state index contributed by atoms with van der Waals surface area (Å²) in [5.74, 6) is -0.0983. The monoisotopic (exact) mass is 373 g/mol. The van der Waals surface area contributed by atoms with Crippen LogP contribution in [0.5, 0.6) is 0 Å². The van der Waals surface area contributed by atoms with E-state index in [0.29, 0.717) is 36.9 Å². The first-order valence-corrected chi connectivity index (χ1v) is 9.20. The largest absolute Gasteiger partial charge is 0.379 e. The summed E-state index contributed by atoms with van der Waals surface area (Å²) in [7, 11) is 0. The van der Waals surface area contributed by atoms with E-state index in [-0.39, 0.29) is 11.9 Å². The van der Waals surface area contributed by atoms with Crippen LogP contribution in [0, 0.1) is 0 Å². The van der Waals surface area contributed by atoms with Crippen LogP contribution < -0.4 is 11.1 Å². The van der Waals surface area contributed by atoms with Crippen LogP contribution >= 0.6 is 11.6 Å². The van der Waals surface area contributed by atoms with Gasteiger partial charge in [-0.05, 0) is 29.3 Å². The summed E-state index contributed by atoms with van der Waals surface area (Å²) in [6.07, 6.45) is 0. The van der Waals surface area contributed by atoms with Crippen molar-refractivity contribution in [2.45, 2.75) is 12.6 Å². The lowest BCUT2D eigenvalue weighted by atomic mass is 10.0. The average molecular weight is 374 g/mol. The van der Waals surface area contributed by atoms with Crippen LogP contribution in [0.4, 0.5) is 0 Å². The fourth-order valence-corrected chi connectivity index (χ4v) is 3.42. The van der Waals surface area contributed by atoms with Crippen molar-refractivity contribution in [2.75, 3.05) is 32.8 Å². The number of nitrogens with two attached hydrogens (primary N) is 1. The molecule has 0 aromatic heterocycles. The van der Waals surface area contributed by atoms with Gasteiger partial charge >= 0.3 is 0 Å². The van der Waals surface area contributed by atoms with E-state index >= 15 is 0 Å². The number of morpholine rings is 1. The average Bonchev–Trinajstić information content (AvgIpc) is 2.70. The number of ether oxygens (including phenoxy) is 1. The Bertz CT molecular complexity index is 730. The summed E-state index contributed by atoms with van der Waals surface area (Å²) in [6.45, 7) is 3.97. The number of carbonyl (C=O) groups excluding carboxylic acids is 1. The number of halogens is 1. The Labute approximate surface area is 159 Å². The number of rotatable bonds is 6. The topological polar surface area (TPSA) is 67.6 Å². The lowest BCUT2D eigenvalue weighted by Crippen LogP contribution is -2.44. The zero-order valence-corrected chi connectivity index (χ0v) is 15.4. The maximum absolute atomic E-state index is 12.5. The second-order valence-electron chi connectivity index (χ2n) is 6.30. The second-order valence-corrected chi connectivity index (χ2v) is 6.70. The Morgan fingerprint density at radius 3 is 2.50 bits per heavy atom. The highest BCUT2D eigenvalue weighted by molar-refractivity contribution is 6.31. The highest BCUT2D eigenvalue weighted by Crippen LogP contribution is 2.27. The molecule has 1 amide bonds. The first-order chi connectivity index (χ1) is 12.7. The molecule has 1 aliphatic heterocycles. The second kappa shape index (κ2) is 9.14. The normalized spacial score (nSPS) is 16.2. The van der Waals surface area contributed by atoms with Crippen molar-refractivity contribution in [3.8, 4) is 0 Å². The molecule has 5 nitrogen and oxygen atoms in total. The highest BCUT2D eigenvalue weighted by Gasteiger charge is 2.25. The summed E-state index contributed by atoms with van der Waals surface area (Å²) in [6, 6.07) is 15.2. The minimum absolute atomic E-state index is 0.0138. The summed E-state index contributed by atoms with van der Waals surface area (Å²) in [5, 5.41) is 3.76. The number of carbonyl (C=O) groups is 1. The summed E-state index contributed by atoms with van der Waals surface area (Å²) in [5.41, 5.74) is 8.26. The minimum atomic E-state index is -0.0983. The molecule has 1 fully saturated rings. The van der Waals surface area contributed by atoms with E-state index in [1.807, 2.05) is 36.4 Å². The molecule has 1 atom stereocenters. The molecule has 2 aromatic carbocycles. The van der Waals surface area contributed by atoms with Crippen molar-refractivity contribution < 1.29 is 9.53 Å². The van der Waals surface area contributed by atoms with Crippen LogP contribution in [0.1, 0.15) is 27.5 Å². The summed E-state index contributed by atoms with van der Waals surface area (Å²) in [4.78, 5) is 14.8. The molecule has 26 heavy (non-hydrogen) atoms. The van der Waals surface area contributed by atoms with Crippen LogP contribution in [0.25, 0.3) is 0 Å². The number of hydrogen-bond donors (Lipinski definition) is 2. The third-order valence-electron chi connectivity index (χ3n) is 4.66. The molecular weight excluding hydrogens is 350 g/mol. The fraction of sp³-hybridized carbons (Fsp3) is 0.350. The van der Waals surface area contributed by atoms with Crippen LogP contribution in [-0.2, 0) is 11.3 Å². The minimum Gasteiger partial charge on any atom is -0.379 e. The van der Waals surface area contributed by atoms with Gasteiger partial charge in [0.05, 0.1) is 19.3 Å². The van der Waals surface area contributed by atoms with Crippen LogP contribution in [-0.4, -0.2) is 43.7 Å². The molecule has 3 N–H and O–H groups in total. The van der Waals surface area contributed by atoms with E-state index in [1.165, 1.54) is 0 Å². The summed E-state index contributed by atoms with van der Waals surface area (Å²) < 4.78 is 5.46. The first-order valence-electron chi connectivity index (χ1n) is 8.82. The number of hydrogen-bond acceptors (Lipinski definition) is 4. The van der Waals surface area contributed by atoms with Gasteiger partial charge in [-0.3, -0.25) is 9.69 Å². The zero-order chi connectivity index (χ0) is 18.4. The molecule has 1 heterocycles. The van der Waals surface area contributed by atoms with Gasteiger partial charge in [0.1, 0.15) is 0 Å². The smallest absolute Gasteiger partial charge is 0.251 e. The van der Waals surface area contributed by atoms with E-state index in [1.54, 1.807) is 12.1 Å². The van der Waals surface area contributed by atoms with Crippen molar-refractivity contribution >= 4 is 17.5 Å². The van der Waals surface area contributed by atoms with Crippen molar-refractivity contribution in [3.63, 3.8) is 0 Å². The van der Waals surface area contributed by atoms with Gasteiger partial charge in [0.15, 0.2) is 0 Å². The standard InChI is InChI=1S/C20H24ClN3O2/c21-18-4-2-1-3-17(18)19(24-9-11-26-12-10-24)14-23-20(25)16-7-5-15(13-22)6-8-16/h1-8,19H,9-14,22H2,(H,23,25).